The van der Waals surface area contributed by atoms with Gasteiger partial charge in [-0.2, -0.15) is 0 Å². The zero-order chi connectivity index (χ0) is 18.8. The van der Waals surface area contributed by atoms with Crippen LogP contribution in [0.25, 0.3) is 0 Å². The summed E-state index contributed by atoms with van der Waals surface area (Å²) < 4.78 is 1.90. The smallest absolute Gasteiger partial charge is 0.230 e. The zero-order valence-corrected chi connectivity index (χ0v) is 16.8. The van der Waals surface area contributed by atoms with Crippen LogP contribution in [0, 0.1) is 0 Å². The number of rotatable bonds is 7. The Hall–Kier alpha value is -2.26. The van der Waals surface area contributed by atoms with Gasteiger partial charge in [0.2, 0.25) is 11.1 Å². The van der Waals surface area contributed by atoms with Gasteiger partial charge in [-0.05, 0) is 47.4 Å². The lowest BCUT2D eigenvalue weighted by Crippen LogP contribution is -2.22. The van der Waals surface area contributed by atoms with Crippen molar-refractivity contribution >= 4 is 39.8 Å². The molecule has 27 heavy (non-hydrogen) atoms. The topological polar surface area (TPSA) is 76.8 Å². The number of aromatic nitrogens is 5. The minimum atomic E-state index is -0.0505. The summed E-state index contributed by atoms with van der Waals surface area (Å²) in [7, 11) is 0. The number of benzene rings is 1. The van der Waals surface area contributed by atoms with E-state index in [4.69, 9.17) is 0 Å². The second-order valence-electron chi connectivity index (χ2n) is 6.42. The molecular weight excluding hydrogens is 380 g/mol. The van der Waals surface area contributed by atoms with E-state index >= 15 is 0 Å². The van der Waals surface area contributed by atoms with Crippen LogP contribution < -0.4 is 4.90 Å². The van der Waals surface area contributed by atoms with Crippen molar-refractivity contribution in [2.75, 3.05) is 4.90 Å². The fourth-order valence-electron chi connectivity index (χ4n) is 2.74. The third kappa shape index (κ3) is 4.03. The first-order chi connectivity index (χ1) is 13.2. The number of hydrogen-bond donors (Lipinski definition) is 0. The fourth-order valence-corrected chi connectivity index (χ4v) is 4.57. The number of anilines is 2. The molecule has 1 aliphatic rings. The first kappa shape index (κ1) is 18.1. The highest BCUT2D eigenvalue weighted by Gasteiger charge is 2.28. The van der Waals surface area contributed by atoms with Gasteiger partial charge < -0.3 is 0 Å². The lowest BCUT2D eigenvalue weighted by atomic mass is 10.1. The molecule has 0 saturated heterocycles. The number of tetrazole rings is 1. The first-order valence-electron chi connectivity index (χ1n) is 8.90. The second-order valence-corrected chi connectivity index (χ2v) is 8.20. The van der Waals surface area contributed by atoms with Crippen molar-refractivity contribution in [3.63, 3.8) is 0 Å². The van der Waals surface area contributed by atoms with Gasteiger partial charge in [0.05, 0.1) is 17.4 Å². The third-order valence-corrected chi connectivity index (χ3v) is 6.19. The minimum Gasteiger partial charge on any atom is -0.274 e. The summed E-state index contributed by atoms with van der Waals surface area (Å²) in [6.07, 6.45) is 3.26. The number of aryl methyl sites for hydroxylation is 1. The maximum Gasteiger partial charge on any atom is 0.230 e. The van der Waals surface area contributed by atoms with Gasteiger partial charge in [-0.3, -0.25) is 9.69 Å². The predicted molar refractivity (Wildman–Crippen MR) is 106 cm³/mol. The Labute approximate surface area is 165 Å². The number of thiazole rings is 1. The van der Waals surface area contributed by atoms with E-state index in [9.17, 15) is 4.79 Å². The lowest BCUT2D eigenvalue weighted by Gasteiger charge is -2.18. The Morgan fingerprint density at radius 1 is 1.33 bits per heavy atom. The second kappa shape index (κ2) is 7.77. The zero-order valence-electron chi connectivity index (χ0n) is 15.2. The quantitative estimate of drug-likeness (QED) is 0.558. The predicted octanol–water partition coefficient (Wildman–Crippen LogP) is 4.00. The summed E-state index contributed by atoms with van der Waals surface area (Å²) in [5.41, 5.74) is 3.00. The highest BCUT2D eigenvalue weighted by atomic mass is 32.2. The van der Waals surface area contributed by atoms with Crippen LogP contribution in [0.1, 0.15) is 44.0 Å². The molecule has 4 rings (SSSR count). The molecule has 1 aliphatic carbocycles. The van der Waals surface area contributed by atoms with Crippen LogP contribution in [-0.2, 0) is 17.0 Å². The van der Waals surface area contributed by atoms with E-state index in [-0.39, 0.29) is 5.91 Å². The Bertz CT molecular complexity index is 931. The molecule has 0 bridgehead atoms. The van der Waals surface area contributed by atoms with Crippen molar-refractivity contribution in [3.05, 3.63) is 40.9 Å². The van der Waals surface area contributed by atoms with Crippen molar-refractivity contribution in [2.45, 2.75) is 50.1 Å². The molecule has 0 N–H and O–H groups in total. The molecular formula is C18H20N6OS2. The number of nitrogens with zero attached hydrogens (tertiary/aromatic N) is 6. The molecule has 140 valence electrons. The van der Waals surface area contributed by atoms with Crippen LogP contribution in [0.4, 0.5) is 10.8 Å². The van der Waals surface area contributed by atoms with Gasteiger partial charge in [-0.15, -0.1) is 16.4 Å². The van der Waals surface area contributed by atoms with Gasteiger partial charge in [0, 0.05) is 18.1 Å². The Balaban J connectivity index is 1.48. The molecule has 3 aromatic rings. The van der Waals surface area contributed by atoms with Gasteiger partial charge in [-0.1, -0.05) is 30.8 Å². The Kier molecular flexibility index (Phi) is 5.22. The minimum absolute atomic E-state index is 0.0505. The van der Waals surface area contributed by atoms with E-state index in [2.05, 4.69) is 27.4 Å². The summed E-state index contributed by atoms with van der Waals surface area (Å²) in [4.78, 5) is 18.6. The number of thioether (sulfide) groups is 1. The Morgan fingerprint density at radius 3 is 2.78 bits per heavy atom. The van der Waals surface area contributed by atoms with E-state index in [1.54, 1.807) is 23.6 Å². The summed E-state index contributed by atoms with van der Waals surface area (Å²) in [6.45, 7) is 3.68. The highest BCUT2D eigenvalue weighted by Crippen LogP contribution is 2.37. The standard InChI is InChI=1S/C18H20N6OS2/c1-3-13-4-6-15(7-5-13)23(12(2)25)17-19-14(10-26-17)11-27-18-20-21-22-24(18)16-8-9-16/h4-7,10,16H,3,8-9,11H2,1-2H3. The molecule has 1 aromatic carbocycles. The molecule has 0 atom stereocenters. The van der Waals surface area contributed by atoms with Crippen LogP contribution in [0.2, 0.25) is 0 Å². The van der Waals surface area contributed by atoms with Crippen molar-refractivity contribution in [1.29, 1.82) is 0 Å². The average molecular weight is 401 g/mol. The van der Waals surface area contributed by atoms with Gasteiger partial charge in [0.15, 0.2) is 5.13 Å². The number of amides is 1. The summed E-state index contributed by atoms with van der Waals surface area (Å²) in [6, 6.07) is 8.49. The maximum absolute atomic E-state index is 12.2. The Morgan fingerprint density at radius 2 is 2.11 bits per heavy atom. The summed E-state index contributed by atoms with van der Waals surface area (Å²) in [5.74, 6) is 0.620. The number of carbonyl (C=O) groups excluding carboxylic acids is 1. The van der Waals surface area contributed by atoms with Crippen molar-refractivity contribution < 1.29 is 4.79 Å². The van der Waals surface area contributed by atoms with Gasteiger partial charge in [0.25, 0.3) is 0 Å². The van der Waals surface area contributed by atoms with Gasteiger partial charge in [0.1, 0.15) is 0 Å². The molecule has 0 radical (unpaired) electrons. The lowest BCUT2D eigenvalue weighted by molar-refractivity contribution is -0.115. The van der Waals surface area contributed by atoms with Crippen molar-refractivity contribution in [2.24, 2.45) is 0 Å². The van der Waals surface area contributed by atoms with Crippen LogP contribution in [0.5, 0.6) is 0 Å². The van der Waals surface area contributed by atoms with Gasteiger partial charge >= 0.3 is 0 Å². The molecule has 0 spiro atoms. The van der Waals surface area contributed by atoms with Crippen molar-refractivity contribution in [3.8, 4) is 0 Å². The maximum atomic E-state index is 12.2. The molecule has 2 heterocycles. The molecule has 9 heteroatoms. The summed E-state index contributed by atoms with van der Waals surface area (Å²) in [5, 5.41) is 15.4. The molecule has 1 amide bonds. The van der Waals surface area contributed by atoms with E-state index in [1.165, 1.54) is 16.9 Å². The van der Waals surface area contributed by atoms with E-state index in [0.717, 1.165) is 35.8 Å². The third-order valence-electron chi connectivity index (χ3n) is 4.35. The normalized spacial score (nSPS) is 13.7. The molecule has 2 aromatic heterocycles. The van der Waals surface area contributed by atoms with E-state index < -0.39 is 0 Å². The average Bonchev–Trinajstić information content (AvgIpc) is 3.23. The first-order valence-corrected chi connectivity index (χ1v) is 10.8. The van der Waals surface area contributed by atoms with E-state index in [0.29, 0.717) is 16.9 Å². The van der Waals surface area contributed by atoms with Crippen LogP contribution in [-0.4, -0.2) is 31.1 Å². The molecule has 1 saturated carbocycles. The molecule has 0 unspecified atom stereocenters. The highest BCUT2D eigenvalue weighted by molar-refractivity contribution is 7.98. The van der Waals surface area contributed by atoms with Crippen LogP contribution in [0.3, 0.4) is 0 Å². The van der Waals surface area contributed by atoms with Gasteiger partial charge in [-0.25, -0.2) is 9.67 Å². The van der Waals surface area contributed by atoms with E-state index in [1.807, 2.05) is 34.3 Å². The van der Waals surface area contributed by atoms with Crippen molar-refractivity contribution in [1.82, 2.24) is 25.2 Å². The largest absolute Gasteiger partial charge is 0.274 e. The molecule has 1 fully saturated rings. The SMILES string of the molecule is CCc1ccc(N(C(C)=O)c2nc(CSc3nnnn3C3CC3)cs2)cc1. The van der Waals surface area contributed by atoms with Crippen LogP contribution >= 0.6 is 23.1 Å². The van der Waals surface area contributed by atoms with Crippen LogP contribution in [0.15, 0.2) is 34.8 Å². The monoisotopic (exact) mass is 400 g/mol. The fraction of sp³-hybridized carbons (Fsp3) is 0.389. The number of hydrogen-bond acceptors (Lipinski definition) is 7. The summed E-state index contributed by atoms with van der Waals surface area (Å²) >= 11 is 3.05. The number of carbonyl (C=O) groups is 1. The molecule has 0 aliphatic heterocycles. The molecule has 7 nitrogen and oxygen atoms in total.